The normalized spacial score (nSPS) is 21.5. The highest BCUT2D eigenvalue weighted by atomic mass is 16.2. The lowest BCUT2D eigenvalue weighted by molar-refractivity contribution is -0.130. The Morgan fingerprint density at radius 2 is 2.00 bits per heavy atom. The smallest absolute Gasteiger partial charge is 0.327 e. The van der Waals surface area contributed by atoms with Crippen LogP contribution >= 0.6 is 0 Å². The van der Waals surface area contributed by atoms with Crippen LogP contribution in [0.1, 0.15) is 25.7 Å². The van der Waals surface area contributed by atoms with Crippen molar-refractivity contribution in [1.82, 2.24) is 15.1 Å². The molecule has 0 atom stereocenters. The van der Waals surface area contributed by atoms with Crippen LogP contribution in [0.25, 0.3) is 0 Å². The van der Waals surface area contributed by atoms with Crippen LogP contribution < -0.4 is 5.32 Å². The van der Waals surface area contributed by atoms with Gasteiger partial charge >= 0.3 is 6.03 Å². The fraction of sp³-hybridized carbons (Fsp3) is 0.727. The summed E-state index contributed by atoms with van der Waals surface area (Å²) in [4.78, 5) is 37.6. The maximum Gasteiger partial charge on any atom is 0.327 e. The first-order valence-corrected chi connectivity index (χ1v) is 5.95. The van der Waals surface area contributed by atoms with Gasteiger partial charge in [-0.3, -0.25) is 14.5 Å². The third-order valence-electron chi connectivity index (χ3n) is 3.43. The molecule has 4 amide bonds. The number of hydrogen-bond donors (Lipinski definition) is 1. The van der Waals surface area contributed by atoms with Gasteiger partial charge in [0.05, 0.1) is 0 Å². The lowest BCUT2D eigenvalue weighted by Crippen LogP contribution is -2.42. The Morgan fingerprint density at radius 1 is 1.35 bits per heavy atom. The molecule has 0 aromatic carbocycles. The molecule has 17 heavy (non-hydrogen) atoms. The number of likely N-dealkylation sites (N-methyl/N-ethyl adjacent to an activating group) is 1. The summed E-state index contributed by atoms with van der Waals surface area (Å²) in [7, 11) is 1.49. The number of rotatable bonds is 3. The fourth-order valence-electron chi connectivity index (χ4n) is 2.44. The molecule has 0 spiro atoms. The Morgan fingerprint density at radius 3 is 2.59 bits per heavy atom. The van der Waals surface area contributed by atoms with Crippen LogP contribution in [-0.2, 0) is 9.59 Å². The molecule has 94 valence electrons. The molecule has 1 saturated heterocycles. The summed E-state index contributed by atoms with van der Waals surface area (Å²) in [5.41, 5.74) is 0. The maximum absolute atomic E-state index is 12.0. The van der Waals surface area contributed by atoms with Crippen LogP contribution in [0.2, 0.25) is 0 Å². The number of amides is 4. The van der Waals surface area contributed by atoms with Gasteiger partial charge in [-0.05, 0) is 12.8 Å². The van der Waals surface area contributed by atoms with Crippen LogP contribution in [0.5, 0.6) is 0 Å². The second kappa shape index (κ2) is 4.73. The van der Waals surface area contributed by atoms with Gasteiger partial charge in [-0.2, -0.15) is 0 Å². The van der Waals surface area contributed by atoms with Gasteiger partial charge in [-0.15, -0.1) is 0 Å². The second-order valence-corrected chi connectivity index (χ2v) is 4.50. The minimum atomic E-state index is -0.319. The van der Waals surface area contributed by atoms with E-state index in [-0.39, 0.29) is 37.0 Å². The molecule has 2 rings (SSSR count). The number of nitrogens with zero attached hydrogens (tertiary/aromatic N) is 2. The van der Waals surface area contributed by atoms with Crippen molar-refractivity contribution in [2.24, 2.45) is 0 Å². The summed E-state index contributed by atoms with van der Waals surface area (Å²) in [6, 6.07) is -0.133. The van der Waals surface area contributed by atoms with Crippen molar-refractivity contribution in [2.45, 2.75) is 31.7 Å². The van der Waals surface area contributed by atoms with E-state index in [1.807, 2.05) is 0 Å². The SMILES string of the molecule is CNC(=O)CN1C(=O)CN(C2CCCC2)C1=O. The molecule has 1 aliphatic carbocycles. The Hall–Kier alpha value is -1.59. The van der Waals surface area contributed by atoms with Crippen LogP contribution in [0.3, 0.4) is 0 Å². The third kappa shape index (κ3) is 2.25. The predicted molar refractivity (Wildman–Crippen MR) is 60.1 cm³/mol. The Labute approximate surface area is 99.9 Å². The van der Waals surface area contributed by atoms with Crippen molar-refractivity contribution in [3.05, 3.63) is 0 Å². The van der Waals surface area contributed by atoms with Gasteiger partial charge in [0, 0.05) is 13.1 Å². The minimum Gasteiger partial charge on any atom is -0.358 e. The number of nitrogens with one attached hydrogen (secondary N) is 1. The van der Waals surface area contributed by atoms with Gasteiger partial charge in [0.15, 0.2) is 0 Å². The highest BCUT2D eigenvalue weighted by Crippen LogP contribution is 2.26. The van der Waals surface area contributed by atoms with Crippen molar-refractivity contribution >= 4 is 17.8 Å². The van der Waals surface area contributed by atoms with Crippen molar-refractivity contribution in [3.8, 4) is 0 Å². The van der Waals surface area contributed by atoms with Crippen molar-refractivity contribution < 1.29 is 14.4 Å². The van der Waals surface area contributed by atoms with Crippen molar-refractivity contribution in [2.75, 3.05) is 20.1 Å². The third-order valence-corrected chi connectivity index (χ3v) is 3.43. The zero-order valence-corrected chi connectivity index (χ0v) is 9.94. The van der Waals surface area contributed by atoms with Crippen LogP contribution in [-0.4, -0.2) is 53.8 Å². The molecule has 2 fully saturated rings. The zero-order chi connectivity index (χ0) is 12.4. The monoisotopic (exact) mass is 239 g/mol. The number of carbonyl (C=O) groups excluding carboxylic acids is 3. The zero-order valence-electron chi connectivity index (χ0n) is 9.94. The summed E-state index contributed by atoms with van der Waals surface area (Å²) in [5.74, 6) is -0.592. The first-order chi connectivity index (χ1) is 8.13. The first-order valence-electron chi connectivity index (χ1n) is 5.95. The summed E-state index contributed by atoms with van der Waals surface area (Å²) in [6.45, 7) is -0.0438. The van der Waals surface area contributed by atoms with E-state index in [9.17, 15) is 14.4 Å². The number of urea groups is 1. The van der Waals surface area contributed by atoms with Gasteiger partial charge in [0.2, 0.25) is 5.91 Å². The second-order valence-electron chi connectivity index (χ2n) is 4.50. The quantitative estimate of drug-likeness (QED) is 0.701. The van der Waals surface area contributed by atoms with Crippen LogP contribution in [0.15, 0.2) is 0 Å². The molecular weight excluding hydrogens is 222 g/mol. The topological polar surface area (TPSA) is 69.7 Å². The van der Waals surface area contributed by atoms with E-state index in [1.54, 1.807) is 4.90 Å². The summed E-state index contributed by atoms with van der Waals surface area (Å²) in [6.07, 6.45) is 4.15. The summed E-state index contributed by atoms with van der Waals surface area (Å²) in [5, 5.41) is 2.41. The lowest BCUT2D eigenvalue weighted by atomic mass is 10.2. The molecule has 0 radical (unpaired) electrons. The van der Waals surface area contributed by atoms with Gasteiger partial charge < -0.3 is 10.2 Å². The maximum atomic E-state index is 12.0. The minimum absolute atomic E-state index is 0.125. The Kier molecular flexibility index (Phi) is 3.31. The molecule has 1 saturated carbocycles. The van der Waals surface area contributed by atoms with E-state index in [0.29, 0.717) is 0 Å². The molecule has 0 unspecified atom stereocenters. The van der Waals surface area contributed by atoms with E-state index >= 15 is 0 Å². The first kappa shape index (κ1) is 11.9. The molecule has 6 heteroatoms. The standard InChI is InChI=1S/C11H17N3O3/c1-12-9(15)6-14-10(16)7-13(11(14)17)8-4-2-3-5-8/h8H,2-7H2,1H3,(H,12,15). The molecule has 0 bridgehead atoms. The average molecular weight is 239 g/mol. The van der Waals surface area contributed by atoms with E-state index in [1.165, 1.54) is 7.05 Å². The largest absolute Gasteiger partial charge is 0.358 e. The van der Waals surface area contributed by atoms with Crippen molar-refractivity contribution in [3.63, 3.8) is 0 Å². The molecule has 1 N–H and O–H groups in total. The van der Waals surface area contributed by atoms with Gasteiger partial charge in [0.1, 0.15) is 13.1 Å². The lowest BCUT2D eigenvalue weighted by Gasteiger charge is -2.22. The fourth-order valence-corrected chi connectivity index (χ4v) is 2.44. The Bertz CT molecular complexity index is 350. The predicted octanol–water partition coefficient (Wildman–Crippen LogP) is -0.0608. The van der Waals surface area contributed by atoms with E-state index in [0.717, 1.165) is 30.6 Å². The summed E-state index contributed by atoms with van der Waals surface area (Å²) >= 11 is 0. The van der Waals surface area contributed by atoms with Crippen LogP contribution in [0, 0.1) is 0 Å². The van der Waals surface area contributed by atoms with E-state index in [4.69, 9.17) is 0 Å². The molecule has 0 aromatic heterocycles. The van der Waals surface area contributed by atoms with Gasteiger partial charge in [-0.1, -0.05) is 12.8 Å². The van der Waals surface area contributed by atoms with Crippen molar-refractivity contribution in [1.29, 1.82) is 0 Å². The van der Waals surface area contributed by atoms with E-state index < -0.39 is 0 Å². The van der Waals surface area contributed by atoms with E-state index in [2.05, 4.69) is 5.32 Å². The summed E-state index contributed by atoms with van der Waals surface area (Å²) < 4.78 is 0. The Balaban J connectivity index is 2.02. The molecule has 1 aliphatic heterocycles. The number of carbonyl (C=O) groups is 3. The highest BCUT2D eigenvalue weighted by molar-refractivity contribution is 6.04. The molecule has 2 aliphatic rings. The average Bonchev–Trinajstić information content (AvgIpc) is 2.92. The van der Waals surface area contributed by atoms with Gasteiger partial charge in [-0.25, -0.2) is 4.79 Å². The molecule has 0 aromatic rings. The molecular formula is C11H17N3O3. The highest BCUT2D eigenvalue weighted by Gasteiger charge is 2.40. The number of imide groups is 1. The van der Waals surface area contributed by atoms with Crippen LogP contribution in [0.4, 0.5) is 4.79 Å². The number of hydrogen-bond acceptors (Lipinski definition) is 3. The molecule has 6 nitrogen and oxygen atoms in total. The van der Waals surface area contributed by atoms with Gasteiger partial charge in [0.25, 0.3) is 5.91 Å². The molecule has 1 heterocycles.